The Balaban J connectivity index is 1.58. The van der Waals surface area contributed by atoms with Gasteiger partial charge < -0.3 is 15.0 Å². The summed E-state index contributed by atoms with van der Waals surface area (Å²) in [5.74, 6) is 1.15. The average Bonchev–Trinajstić information content (AvgIpc) is 2.71. The number of hydrogen-bond donors (Lipinski definition) is 1. The van der Waals surface area contributed by atoms with Crippen molar-refractivity contribution in [3.63, 3.8) is 0 Å². The second-order valence-corrected chi connectivity index (χ2v) is 6.99. The molecule has 2 heterocycles. The van der Waals surface area contributed by atoms with E-state index in [1.165, 1.54) is 0 Å². The third-order valence-corrected chi connectivity index (χ3v) is 5.40. The molecular weight excluding hydrogens is 389 g/mol. The molecule has 1 N–H and O–H groups in total. The normalized spacial score (nSPS) is 16.1. The SMILES string of the molecule is COc1cncc(N2CCN(C(C)C(=O)Nc3cccc(Cl)c3Cl)CC2)n1. The van der Waals surface area contributed by atoms with E-state index in [2.05, 4.69) is 25.1 Å². The van der Waals surface area contributed by atoms with Crippen molar-refractivity contribution in [1.82, 2.24) is 14.9 Å². The van der Waals surface area contributed by atoms with E-state index < -0.39 is 0 Å². The maximum Gasteiger partial charge on any atom is 0.241 e. The average molecular weight is 410 g/mol. The molecule has 1 fully saturated rings. The zero-order valence-corrected chi connectivity index (χ0v) is 16.7. The smallest absolute Gasteiger partial charge is 0.241 e. The molecule has 1 unspecified atom stereocenters. The zero-order chi connectivity index (χ0) is 19.4. The van der Waals surface area contributed by atoms with Crippen LogP contribution >= 0.6 is 23.2 Å². The first-order chi connectivity index (χ1) is 13.0. The third-order valence-electron chi connectivity index (χ3n) is 4.58. The summed E-state index contributed by atoms with van der Waals surface area (Å²) in [7, 11) is 1.57. The number of nitrogens with zero attached hydrogens (tertiary/aromatic N) is 4. The Morgan fingerprint density at radius 2 is 1.96 bits per heavy atom. The number of anilines is 2. The lowest BCUT2D eigenvalue weighted by Crippen LogP contribution is -2.53. The van der Waals surface area contributed by atoms with Gasteiger partial charge in [-0.25, -0.2) is 0 Å². The number of methoxy groups -OCH3 is 1. The van der Waals surface area contributed by atoms with E-state index in [4.69, 9.17) is 27.9 Å². The number of aromatic nitrogens is 2. The van der Waals surface area contributed by atoms with E-state index >= 15 is 0 Å². The van der Waals surface area contributed by atoms with Crippen LogP contribution in [0.3, 0.4) is 0 Å². The number of rotatable bonds is 5. The minimum absolute atomic E-state index is 0.117. The summed E-state index contributed by atoms with van der Waals surface area (Å²) in [4.78, 5) is 25.4. The maximum absolute atomic E-state index is 12.6. The van der Waals surface area contributed by atoms with Crippen LogP contribution in [0.15, 0.2) is 30.6 Å². The molecule has 0 spiro atoms. The van der Waals surface area contributed by atoms with Gasteiger partial charge in [-0.05, 0) is 19.1 Å². The summed E-state index contributed by atoms with van der Waals surface area (Å²) in [5, 5.41) is 3.62. The van der Waals surface area contributed by atoms with Gasteiger partial charge in [-0.3, -0.25) is 14.7 Å². The van der Waals surface area contributed by atoms with Crippen LogP contribution in [-0.4, -0.2) is 60.1 Å². The predicted molar refractivity (Wildman–Crippen MR) is 107 cm³/mol. The van der Waals surface area contributed by atoms with E-state index in [0.717, 1.165) is 32.0 Å². The second-order valence-electron chi connectivity index (χ2n) is 6.21. The van der Waals surface area contributed by atoms with Crippen molar-refractivity contribution in [2.45, 2.75) is 13.0 Å². The fourth-order valence-corrected chi connectivity index (χ4v) is 3.28. The largest absolute Gasteiger partial charge is 0.480 e. The van der Waals surface area contributed by atoms with Crippen LogP contribution in [0, 0.1) is 0 Å². The minimum Gasteiger partial charge on any atom is -0.480 e. The Morgan fingerprint density at radius 3 is 2.67 bits per heavy atom. The van der Waals surface area contributed by atoms with Gasteiger partial charge in [0.05, 0.1) is 41.3 Å². The molecule has 9 heteroatoms. The van der Waals surface area contributed by atoms with Gasteiger partial charge in [0.2, 0.25) is 11.8 Å². The molecule has 144 valence electrons. The van der Waals surface area contributed by atoms with Crippen LogP contribution in [0.1, 0.15) is 6.92 Å². The lowest BCUT2D eigenvalue weighted by atomic mass is 10.2. The zero-order valence-electron chi connectivity index (χ0n) is 15.2. The van der Waals surface area contributed by atoms with Crippen molar-refractivity contribution < 1.29 is 9.53 Å². The summed E-state index contributed by atoms with van der Waals surface area (Å²) >= 11 is 12.2. The van der Waals surface area contributed by atoms with Gasteiger partial charge in [0.15, 0.2) is 5.82 Å². The van der Waals surface area contributed by atoms with Gasteiger partial charge in [0, 0.05) is 26.2 Å². The van der Waals surface area contributed by atoms with Gasteiger partial charge in [-0.1, -0.05) is 29.3 Å². The number of ether oxygens (including phenoxy) is 1. The molecule has 1 aromatic carbocycles. The highest BCUT2D eigenvalue weighted by Gasteiger charge is 2.26. The lowest BCUT2D eigenvalue weighted by molar-refractivity contribution is -0.120. The van der Waals surface area contributed by atoms with Crippen molar-refractivity contribution in [3.05, 3.63) is 40.6 Å². The molecule has 1 amide bonds. The van der Waals surface area contributed by atoms with E-state index in [9.17, 15) is 4.79 Å². The fraction of sp³-hybridized carbons (Fsp3) is 0.389. The number of carbonyl (C=O) groups is 1. The van der Waals surface area contributed by atoms with Crippen molar-refractivity contribution in [2.75, 3.05) is 43.5 Å². The number of hydrogen-bond acceptors (Lipinski definition) is 6. The maximum atomic E-state index is 12.6. The van der Waals surface area contributed by atoms with Crippen LogP contribution in [0.2, 0.25) is 10.0 Å². The highest BCUT2D eigenvalue weighted by atomic mass is 35.5. The van der Waals surface area contributed by atoms with Crippen LogP contribution in [-0.2, 0) is 4.79 Å². The first-order valence-electron chi connectivity index (χ1n) is 8.59. The van der Waals surface area contributed by atoms with Gasteiger partial charge in [0.1, 0.15) is 0 Å². The molecule has 0 aliphatic carbocycles. The number of halogens is 2. The fourth-order valence-electron chi connectivity index (χ4n) is 2.93. The van der Waals surface area contributed by atoms with E-state index in [1.54, 1.807) is 37.7 Å². The summed E-state index contributed by atoms with van der Waals surface area (Å²) in [6.45, 7) is 4.84. The van der Waals surface area contributed by atoms with Crippen LogP contribution in [0.25, 0.3) is 0 Å². The molecule has 3 rings (SSSR count). The van der Waals surface area contributed by atoms with Gasteiger partial charge >= 0.3 is 0 Å². The molecule has 0 bridgehead atoms. The Labute approximate surface area is 168 Å². The standard InChI is InChI=1S/C18H21Cl2N5O2/c1-12(18(26)22-14-5-3-4-13(19)17(14)20)24-6-8-25(9-7-24)15-10-21-11-16(23-15)27-2/h3-5,10-12H,6-9H2,1-2H3,(H,22,26). The molecule has 1 saturated heterocycles. The number of benzene rings is 1. The van der Waals surface area contributed by atoms with Crippen molar-refractivity contribution >= 4 is 40.6 Å². The summed E-state index contributed by atoms with van der Waals surface area (Å²) in [6, 6.07) is 4.88. The number of piperazine rings is 1. The molecule has 2 aromatic rings. The van der Waals surface area contributed by atoms with Crippen molar-refractivity contribution in [1.29, 1.82) is 0 Å². The Kier molecular flexibility index (Phi) is 6.36. The lowest BCUT2D eigenvalue weighted by Gasteiger charge is -2.37. The minimum atomic E-state index is -0.293. The molecule has 1 aliphatic heterocycles. The van der Waals surface area contributed by atoms with E-state index in [-0.39, 0.29) is 11.9 Å². The summed E-state index contributed by atoms with van der Waals surface area (Å²) in [6.07, 6.45) is 3.29. The van der Waals surface area contributed by atoms with Gasteiger partial charge in [-0.15, -0.1) is 0 Å². The van der Waals surface area contributed by atoms with Crippen LogP contribution < -0.4 is 15.0 Å². The second kappa shape index (κ2) is 8.73. The summed E-state index contributed by atoms with van der Waals surface area (Å²) in [5.41, 5.74) is 0.520. The summed E-state index contributed by atoms with van der Waals surface area (Å²) < 4.78 is 5.13. The Hall–Kier alpha value is -2.09. The first kappa shape index (κ1) is 19.7. The highest BCUT2D eigenvalue weighted by molar-refractivity contribution is 6.44. The van der Waals surface area contributed by atoms with E-state index in [0.29, 0.717) is 21.6 Å². The molecule has 7 nitrogen and oxygen atoms in total. The third kappa shape index (κ3) is 4.61. The molecular formula is C18H21Cl2N5O2. The van der Waals surface area contributed by atoms with Crippen molar-refractivity contribution in [2.24, 2.45) is 0 Å². The van der Waals surface area contributed by atoms with Gasteiger partial charge in [-0.2, -0.15) is 4.98 Å². The van der Waals surface area contributed by atoms with Crippen LogP contribution in [0.5, 0.6) is 5.88 Å². The number of carbonyl (C=O) groups excluding carboxylic acids is 1. The highest BCUT2D eigenvalue weighted by Crippen LogP contribution is 2.29. The molecule has 27 heavy (non-hydrogen) atoms. The number of nitrogens with one attached hydrogen (secondary N) is 1. The number of amides is 1. The van der Waals surface area contributed by atoms with Crippen LogP contribution in [0.4, 0.5) is 11.5 Å². The Morgan fingerprint density at radius 1 is 1.22 bits per heavy atom. The molecule has 1 aliphatic rings. The molecule has 0 radical (unpaired) electrons. The predicted octanol–water partition coefficient (Wildman–Crippen LogP) is 2.94. The van der Waals surface area contributed by atoms with Gasteiger partial charge in [0.25, 0.3) is 0 Å². The molecule has 0 saturated carbocycles. The van der Waals surface area contributed by atoms with Crippen molar-refractivity contribution in [3.8, 4) is 5.88 Å². The monoisotopic (exact) mass is 409 g/mol. The topological polar surface area (TPSA) is 70.6 Å². The quantitative estimate of drug-likeness (QED) is 0.818. The molecule has 1 atom stereocenters. The first-order valence-corrected chi connectivity index (χ1v) is 9.35. The Bertz CT molecular complexity index is 812. The van der Waals surface area contributed by atoms with E-state index in [1.807, 2.05) is 6.92 Å². The molecule has 1 aromatic heterocycles.